The maximum atomic E-state index is 13.4. The topological polar surface area (TPSA) is 90.3 Å². The van der Waals surface area contributed by atoms with E-state index in [4.69, 9.17) is 4.74 Å². The van der Waals surface area contributed by atoms with E-state index in [9.17, 15) is 14.4 Å². The SMILES string of the molecule is O=C(CNc1ccc2nc3n(c(=O)c2c1)-c1ccccc1C3=O)OCc1ccc2ccc3cccc4ccc1c2c34. The molecular weight excluding hydrogens is 514 g/mol. The Bertz CT molecular complexity index is 2270. The molecule has 0 atom stereocenters. The van der Waals surface area contributed by atoms with E-state index in [0.29, 0.717) is 27.8 Å². The number of esters is 1. The molecule has 1 aliphatic heterocycles. The molecule has 1 aliphatic rings. The summed E-state index contributed by atoms with van der Waals surface area (Å²) in [4.78, 5) is 43.3. The van der Waals surface area contributed by atoms with Gasteiger partial charge in [-0.15, -0.1) is 0 Å². The third kappa shape index (κ3) is 3.52. The number of ether oxygens (including phenoxy) is 1. The summed E-state index contributed by atoms with van der Waals surface area (Å²) in [5.41, 5.74) is 2.60. The highest BCUT2D eigenvalue weighted by molar-refractivity contribution is 6.23. The highest BCUT2D eigenvalue weighted by atomic mass is 16.5. The Morgan fingerprint density at radius 2 is 1.54 bits per heavy atom. The van der Waals surface area contributed by atoms with Crippen molar-refractivity contribution in [3.8, 4) is 5.69 Å². The van der Waals surface area contributed by atoms with Crippen LogP contribution in [0.25, 0.3) is 48.9 Å². The van der Waals surface area contributed by atoms with Crippen molar-refractivity contribution in [2.24, 2.45) is 0 Å². The molecule has 0 bridgehead atoms. The number of carbonyl (C=O) groups excluding carboxylic acids is 2. The van der Waals surface area contributed by atoms with E-state index in [1.807, 2.05) is 6.07 Å². The standard InChI is InChI=1S/C34H21N3O4/c38-29(41-18-22-11-10-21-9-8-19-4-3-5-20-12-14-24(22)31(21)30(19)20)17-35-23-13-15-27-26(16-23)34(40)37-28-7-2-1-6-25(28)32(39)33(37)36-27/h1-16,35H,17-18H2. The number of hydrogen-bond acceptors (Lipinski definition) is 6. The number of carbonyl (C=O) groups is 2. The summed E-state index contributed by atoms with van der Waals surface area (Å²) in [6.07, 6.45) is 0. The van der Waals surface area contributed by atoms with Gasteiger partial charge >= 0.3 is 5.97 Å². The van der Waals surface area contributed by atoms with E-state index in [2.05, 4.69) is 58.8 Å². The van der Waals surface area contributed by atoms with Gasteiger partial charge in [0.1, 0.15) is 13.2 Å². The van der Waals surface area contributed by atoms with Crippen LogP contribution in [0.2, 0.25) is 0 Å². The average Bonchev–Trinajstić information content (AvgIpc) is 3.30. The maximum Gasteiger partial charge on any atom is 0.325 e. The number of rotatable bonds is 5. The number of aromatic nitrogens is 2. The van der Waals surface area contributed by atoms with Crippen molar-refractivity contribution in [1.82, 2.24) is 9.55 Å². The van der Waals surface area contributed by atoms with Gasteiger partial charge in [-0.25, -0.2) is 4.98 Å². The van der Waals surface area contributed by atoms with Gasteiger partial charge in [-0.3, -0.25) is 19.0 Å². The number of ketones is 1. The Morgan fingerprint density at radius 1 is 0.780 bits per heavy atom. The first-order valence-electron chi connectivity index (χ1n) is 13.3. The molecule has 0 saturated heterocycles. The zero-order chi connectivity index (χ0) is 27.7. The second-order valence-electron chi connectivity index (χ2n) is 10.2. The summed E-state index contributed by atoms with van der Waals surface area (Å²) >= 11 is 0. The smallest absolute Gasteiger partial charge is 0.325 e. The van der Waals surface area contributed by atoms with Gasteiger partial charge in [0, 0.05) is 5.69 Å². The van der Waals surface area contributed by atoms with Crippen LogP contribution in [0.5, 0.6) is 0 Å². The molecule has 0 fully saturated rings. The molecule has 8 rings (SSSR count). The summed E-state index contributed by atoms with van der Waals surface area (Å²) in [5, 5.41) is 10.4. The lowest BCUT2D eigenvalue weighted by Crippen LogP contribution is -2.22. The lowest BCUT2D eigenvalue weighted by molar-refractivity contribution is -0.142. The van der Waals surface area contributed by atoms with Crippen LogP contribution in [0.1, 0.15) is 21.7 Å². The van der Waals surface area contributed by atoms with Crippen molar-refractivity contribution in [2.75, 3.05) is 11.9 Å². The predicted octanol–water partition coefficient (Wildman–Crippen LogP) is 5.98. The molecule has 0 aliphatic carbocycles. The van der Waals surface area contributed by atoms with Crippen molar-refractivity contribution < 1.29 is 14.3 Å². The third-order valence-corrected chi connectivity index (χ3v) is 7.91. The minimum absolute atomic E-state index is 0.0711. The first-order chi connectivity index (χ1) is 20.1. The Labute approximate surface area is 233 Å². The van der Waals surface area contributed by atoms with Crippen LogP contribution in [0.15, 0.2) is 102 Å². The number of para-hydroxylation sites is 1. The molecular formula is C34H21N3O4. The first kappa shape index (κ1) is 23.3. The Hall–Kier alpha value is -5.56. The molecule has 0 amide bonds. The molecule has 0 unspecified atom stereocenters. The lowest BCUT2D eigenvalue weighted by Gasteiger charge is -2.14. The van der Waals surface area contributed by atoms with Gasteiger partial charge in [-0.2, -0.15) is 0 Å². The molecule has 7 nitrogen and oxygen atoms in total. The largest absolute Gasteiger partial charge is 0.459 e. The predicted molar refractivity (Wildman–Crippen MR) is 159 cm³/mol. The van der Waals surface area contributed by atoms with Crippen LogP contribution < -0.4 is 10.9 Å². The number of benzene rings is 6. The van der Waals surface area contributed by atoms with Crippen molar-refractivity contribution in [3.63, 3.8) is 0 Å². The van der Waals surface area contributed by atoms with Gasteiger partial charge in [0.25, 0.3) is 5.56 Å². The van der Waals surface area contributed by atoms with Crippen molar-refractivity contribution in [3.05, 3.63) is 124 Å². The summed E-state index contributed by atoms with van der Waals surface area (Å²) < 4.78 is 7.00. The molecule has 0 spiro atoms. The molecule has 0 radical (unpaired) electrons. The second-order valence-corrected chi connectivity index (χ2v) is 10.2. The third-order valence-electron chi connectivity index (χ3n) is 7.91. The summed E-state index contributed by atoms with van der Waals surface area (Å²) in [6, 6.07) is 30.9. The Morgan fingerprint density at radius 3 is 2.39 bits per heavy atom. The Kier molecular flexibility index (Phi) is 4.97. The van der Waals surface area contributed by atoms with Gasteiger partial charge < -0.3 is 10.1 Å². The first-order valence-corrected chi connectivity index (χ1v) is 13.3. The molecule has 196 valence electrons. The maximum absolute atomic E-state index is 13.4. The zero-order valence-corrected chi connectivity index (χ0v) is 21.7. The summed E-state index contributed by atoms with van der Waals surface area (Å²) in [6.45, 7) is 0.0790. The fourth-order valence-corrected chi connectivity index (χ4v) is 5.96. The van der Waals surface area contributed by atoms with E-state index in [0.717, 1.165) is 16.3 Å². The molecule has 1 N–H and O–H groups in total. The van der Waals surface area contributed by atoms with Gasteiger partial charge in [0.2, 0.25) is 5.78 Å². The number of anilines is 1. The number of hydrogen-bond donors (Lipinski definition) is 1. The number of nitrogens with zero attached hydrogens (tertiary/aromatic N) is 2. The Balaban J connectivity index is 1.03. The fraction of sp³-hybridized carbons (Fsp3) is 0.0588. The van der Waals surface area contributed by atoms with Crippen LogP contribution in [0.4, 0.5) is 5.69 Å². The van der Waals surface area contributed by atoms with Gasteiger partial charge in [0.15, 0.2) is 5.82 Å². The number of fused-ring (bicyclic) bond motifs is 4. The molecule has 6 aromatic carbocycles. The number of nitrogens with one attached hydrogen (secondary N) is 1. The van der Waals surface area contributed by atoms with Crippen LogP contribution in [-0.4, -0.2) is 27.8 Å². The van der Waals surface area contributed by atoms with Crippen LogP contribution in [0, 0.1) is 0 Å². The quantitative estimate of drug-likeness (QED) is 0.215. The van der Waals surface area contributed by atoms with E-state index >= 15 is 0 Å². The minimum Gasteiger partial charge on any atom is -0.459 e. The van der Waals surface area contributed by atoms with Gasteiger partial charge in [-0.1, -0.05) is 66.7 Å². The molecule has 1 aromatic heterocycles. The molecule has 7 heteroatoms. The average molecular weight is 536 g/mol. The van der Waals surface area contributed by atoms with Crippen molar-refractivity contribution in [1.29, 1.82) is 0 Å². The summed E-state index contributed by atoms with van der Waals surface area (Å²) in [7, 11) is 0. The van der Waals surface area contributed by atoms with Crippen molar-refractivity contribution in [2.45, 2.75) is 6.61 Å². The van der Waals surface area contributed by atoms with Crippen LogP contribution in [0.3, 0.4) is 0 Å². The molecule has 2 heterocycles. The molecule has 7 aromatic rings. The zero-order valence-electron chi connectivity index (χ0n) is 21.7. The monoisotopic (exact) mass is 535 g/mol. The van der Waals surface area contributed by atoms with Gasteiger partial charge in [0.05, 0.1) is 22.2 Å². The second kappa shape index (κ2) is 8.72. The lowest BCUT2D eigenvalue weighted by atomic mass is 9.92. The minimum atomic E-state index is -0.417. The molecule has 41 heavy (non-hydrogen) atoms. The van der Waals surface area contributed by atoms with E-state index in [1.165, 1.54) is 26.1 Å². The molecule has 0 saturated carbocycles. The van der Waals surface area contributed by atoms with Crippen LogP contribution in [-0.2, 0) is 16.1 Å². The van der Waals surface area contributed by atoms with E-state index in [1.54, 1.807) is 42.5 Å². The normalized spacial score (nSPS) is 12.3. The van der Waals surface area contributed by atoms with Crippen molar-refractivity contribution >= 4 is 60.7 Å². The fourth-order valence-electron chi connectivity index (χ4n) is 5.96. The van der Waals surface area contributed by atoms with Crippen LogP contribution >= 0.6 is 0 Å². The van der Waals surface area contributed by atoms with E-state index < -0.39 is 5.97 Å². The van der Waals surface area contributed by atoms with E-state index in [-0.39, 0.29) is 30.3 Å². The highest BCUT2D eigenvalue weighted by Gasteiger charge is 2.29. The highest BCUT2D eigenvalue weighted by Crippen LogP contribution is 2.36. The summed E-state index contributed by atoms with van der Waals surface area (Å²) in [5.74, 6) is -0.576. The van der Waals surface area contributed by atoms with Gasteiger partial charge in [-0.05, 0) is 68.2 Å².